The van der Waals surface area contributed by atoms with Gasteiger partial charge in [0.1, 0.15) is 0 Å². The topological polar surface area (TPSA) is 59.0 Å². The Hall–Kier alpha value is -1.18. The zero-order valence-electron chi connectivity index (χ0n) is 11.7. The van der Waals surface area contributed by atoms with Gasteiger partial charge in [0.15, 0.2) is 0 Å². The van der Waals surface area contributed by atoms with E-state index in [0.29, 0.717) is 0 Å². The number of nitrogens with one attached hydrogen (secondary N) is 2. The minimum absolute atomic E-state index is 0.0123. The summed E-state index contributed by atoms with van der Waals surface area (Å²) < 4.78 is 2.75. The van der Waals surface area contributed by atoms with Crippen LogP contribution in [0.4, 0.5) is 0 Å². The van der Waals surface area contributed by atoms with Gasteiger partial charge >= 0.3 is 0 Å². The molecular weight excluding hydrogens is 352 g/mol. The second-order valence-electron chi connectivity index (χ2n) is 5.15. The summed E-state index contributed by atoms with van der Waals surface area (Å²) in [5.41, 5.74) is 0.999. The van der Waals surface area contributed by atoms with E-state index in [2.05, 4.69) is 31.7 Å². The highest BCUT2D eigenvalue weighted by Crippen LogP contribution is 2.33. The molecule has 0 aliphatic carbocycles. The van der Waals surface area contributed by atoms with Crippen LogP contribution >= 0.6 is 27.3 Å². The molecule has 1 amide bonds. The molecular formula is C14H17BrN4OS. The van der Waals surface area contributed by atoms with Gasteiger partial charge in [0.2, 0.25) is 0 Å². The van der Waals surface area contributed by atoms with Crippen molar-refractivity contribution in [2.45, 2.75) is 18.9 Å². The number of aryl methyl sites for hydroxylation is 1. The van der Waals surface area contributed by atoms with Crippen molar-refractivity contribution in [3.05, 3.63) is 27.7 Å². The highest BCUT2D eigenvalue weighted by molar-refractivity contribution is 9.10. The highest BCUT2D eigenvalue weighted by Gasteiger charge is 2.19. The predicted octanol–water partition coefficient (Wildman–Crippen LogP) is 2.39. The Labute approximate surface area is 135 Å². The summed E-state index contributed by atoms with van der Waals surface area (Å²) in [7, 11) is 1.90. The lowest BCUT2D eigenvalue weighted by Gasteiger charge is -2.23. The number of thiophene rings is 1. The quantitative estimate of drug-likeness (QED) is 0.874. The Morgan fingerprint density at radius 3 is 3.10 bits per heavy atom. The molecule has 0 aromatic carbocycles. The van der Waals surface area contributed by atoms with Crippen LogP contribution in [0.2, 0.25) is 0 Å². The minimum atomic E-state index is 0.0123. The molecule has 0 spiro atoms. The van der Waals surface area contributed by atoms with Crippen LogP contribution in [-0.4, -0.2) is 34.8 Å². The summed E-state index contributed by atoms with van der Waals surface area (Å²) in [6, 6.07) is 4.09. The summed E-state index contributed by atoms with van der Waals surface area (Å²) in [4.78, 5) is 14.1. The predicted molar refractivity (Wildman–Crippen MR) is 87.6 cm³/mol. The number of amides is 1. The normalized spacial score (nSPS) is 18.7. The lowest BCUT2D eigenvalue weighted by Crippen LogP contribution is -2.45. The largest absolute Gasteiger partial charge is 0.347 e. The number of halogens is 1. The van der Waals surface area contributed by atoms with Gasteiger partial charge in [-0.15, -0.1) is 11.3 Å². The molecule has 21 heavy (non-hydrogen) atoms. The molecule has 2 aromatic heterocycles. The maximum absolute atomic E-state index is 12.3. The number of piperidine rings is 1. The fourth-order valence-electron chi connectivity index (χ4n) is 2.51. The zero-order valence-corrected chi connectivity index (χ0v) is 14.1. The maximum atomic E-state index is 12.3. The SMILES string of the molecule is Cn1ncc(Br)c1-c1ccc(C(=O)NC2CCCNC2)s1. The molecule has 0 radical (unpaired) electrons. The third kappa shape index (κ3) is 3.20. The molecule has 1 aliphatic rings. The molecule has 1 fully saturated rings. The number of hydrogen-bond donors (Lipinski definition) is 2. The average molecular weight is 369 g/mol. The van der Waals surface area contributed by atoms with Crippen LogP contribution in [-0.2, 0) is 7.05 Å². The number of carbonyl (C=O) groups is 1. The lowest BCUT2D eigenvalue weighted by atomic mass is 10.1. The molecule has 1 unspecified atom stereocenters. The van der Waals surface area contributed by atoms with Gasteiger partial charge in [-0.2, -0.15) is 5.10 Å². The second kappa shape index (κ2) is 6.29. The molecule has 0 bridgehead atoms. The van der Waals surface area contributed by atoms with Crippen molar-refractivity contribution in [3.8, 4) is 10.6 Å². The van der Waals surface area contributed by atoms with Gasteiger partial charge in [-0.25, -0.2) is 0 Å². The van der Waals surface area contributed by atoms with E-state index in [1.54, 1.807) is 6.20 Å². The van der Waals surface area contributed by atoms with Gasteiger partial charge in [-0.05, 0) is 47.4 Å². The Bertz CT molecular complexity index is 626. The molecule has 2 aromatic rings. The molecule has 2 N–H and O–H groups in total. The van der Waals surface area contributed by atoms with Crippen LogP contribution in [0.3, 0.4) is 0 Å². The summed E-state index contributed by atoms with van der Waals surface area (Å²) in [5.74, 6) is 0.0123. The fraction of sp³-hybridized carbons (Fsp3) is 0.429. The average Bonchev–Trinajstić information content (AvgIpc) is 3.07. The first kappa shape index (κ1) is 14.7. The van der Waals surface area contributed by atoms with Gasteiger partial charge in [0.05, 0.1) is 26.1 Å². The summed E-state index contributed by atoms with van der Waals surface area (Å²) in [6.45, 7) is 1.90. The van der Waals surface area contributed by atoms with Crippen LogP contribution in [0.5, 0.6) is 0 Å². The lowest BCUT2D eigenvalue weighted by molar-refractivity contribution is 0.0935. The monoisotopic (exact) mass is 368 g/mol. The van der Waals surface area contributed by atoms with Crippen LogP contribution < -0.4 is 10.6 Å². The van der Waals surface area contributed by atoms with Crippen molar-refractivity contribution in [3.63, 3.8) is 0 Å². The van der Waals surface area contributed by atoms with Gasteiger partial charge in [-0.1, -0.05) is 0 Å². The first-order valence-corrected chi connectivity index (χ1v) is 8.55. The van der Waals surface area contributed by atoms with Crippen LogP contribution in [0.25, 0.3) is 10.6 Å². The van der Waals surface area contributed by atoms with E-state index in [0.717, 1.165) is 45.9 Å². The third-order valence-corrected chi connectivity index (χ3v) is 5.26. The van der Waals surface area contributed by atoms with Gasteiger partial charge in [0, 0.05) is 19.6 Å². The maximum Gasteiger partial charge on any atom is 0.261 e. The Balaban J connectivity index is 1.74. The molecule has 1 aliphatic heterocycles. The van der Waals surface area contributed by atoms with E-state index in [4.69, 9.17) is 0 Å². The van der Waals surface area contributed by atoms with Crippen molar-refractivity contribution in [1.82, 2.24) is 20.4 Å². The molecule has 3 heterocycles. The fourth-order valence-corrected chi connectivity index (χ4v) is 4.20. The van der Waals surface area contributed by atoms with E-state index >= 15 is 0 Å². The molecule has 112 valence electrons. The molecule has 3 rings (SSSR count). The van der Waals surface area contributed by atoms with Gasteiger partial charge < -0.3 is 10.6 Å². The van der Waals surface area contributed by atoms with E-state index in [1.807, 2.05) is 23.9 Å². The summed E-state index contributed by atoms with van der Waals surface area (Å²) >= 11 is 4.99. The first-order valence-electron chi connectivity index (χ1n) is 6.94. The number of nitrogens with zero attached hydrogens (tertiary/aromatic N) is 2. The molecule has 1 atom stereocenters. The van der Waals surface area contributed by atoms with Crippen molar-refractivity contribution in [2.24, 2.45) is 7.05 Å². The van der Waals surface area contributed by atoms with E-state index in [9.17, 15) is 4.79 Å². The van der Waals surface area contributed by atoms with E-state index in [-0.39, 0.29) is 11.9 Å². The molecule has 0 saturated carbocycles. The third-order valence-electron chi connectivity index (χ3n) is 3.59. The molecule has 5 nitrogen and oxygen atoms in total. The number of hydrogen-bond acceptors (Lipinski definition) is 4. The Morgan fingerprint density at radius 2 is 2.43 bits per heavy atom. The minimum Gasteiger partial charge on any atom is -0.347 e. The van der Waals surface area contributed by atoms with Crippen LogP contribution in [0, 0.1) is 0 Å². The number of aromatic nitrogens is 2. The molecule has 1 saturated heterocycles. The second-order valence-corrected chi connectivity index (χ2v) is 7.08. The van der Waals surface area contributed by atoms with Crippen LogP contribution in [0.15, 0.2) is 22.8 Å². The highest BCUT2D eigenvalue weighted by atomic mass is 79.9. The van der Waals surface area contributed by atoms with Crippen LogP contribution in [0.1, 0.15) is 22.5 Å². The summed E-state index contributed by atoms with van der Waals surface area (Å²) in [6.07, 6.45) is 3.93. The first-order chi connectivity index (χ1) is 10.1. The van der Waals surface area contributed by atoms with Gasteiger partial charge in [0.25, 0.3) is 5.91 Å². The molecule has 7 heteroatoms. The smallest absolute Gasteiger partial charge is 0.261 e. The van der Waals surface area contributed by atoms with E-state index in [1.165, 1.54) is 11.3 Å². The Kier molecular flexibility index (Phi) is 4.42. The van der Waals surface area contributed by atoms with Crippen molar-refractivity contribution in [1.29, 1.82) is 0 Å². The number of rotatable bonds is 3. The van der Waals surface area contributed by atoms with Crippen molar-refractivity contribution >= 4 is 33.2 Å². The standard InChI is InChI=1S/C14H17BrN4OS/c1-19-13(10(15)8-17-19)11-4-5-12(21-11)14(20)18-9-3-2-6-16-7-9/h4-5,8-9,16H,2-3,6-7H2,1H3,(H,18,20). The van der Waals surface area contributed by atoms with Crippen molar-refractivity contribution in [2.75, 3.05) is 13.1 Å². The Morgan fingerprint density at radius 1 is 1.57 bits per heavy atom. The van der Waals surface area contributed by atoms with Gasteiger partial charge in [-0.3, -0.25) is 9.48 Å². The number of carbonyl (C=O) groups excluding carboxylic acids is 1. The van der Waals surface area contributed by atoms with E-state index < -0.39 is 0 Å². The zero-order chi connectivity index (χ0) is 14.8. The van der Waals surface area contributed by atoms with Crippen molar-refractivity contribution < 1.29 is 4.79 Å². The summed E-state index contributed by atoms with van der Waals surface area (Å²) in [5, 5.41) is 10.6.